The van der Waals surface area contributed by atoms with Gasteiger partial charge in [0.2, 0.25) is 0 Å². The van der Waals surface area contributed by atoms with E-state index in [4.69, 9.17) is 4.74 Å². The van der Waals surface area contributed by atoms with Gasteiger partial charge in [-0.3, -0.25) is 9.69 Å². The summed E-state index contributed by atoms with van der Waals surface area (Å²) in [6.45, 7) is 13.2. The van der Waals surface area contributed by atoms with E-state index in [1.165, 1.54) is 5.56 Å². The van der Waals surface area contributed by atoms with E-state index in [0.717, 1.165) is 57.2 Å². The van der Waals surface area contributed by atoms with Crippen LogP contribution in [0.5, 0.6) is 0 Å². The number of benzene rings is 1. The van der Waals surface area contributed by atoms with Gasteiger partial charge >= 0.3 is 0 Å². The minimum atomic E-state index is 0. The minimum absolute atomic E-state index is 0. The second-order valence-electron chi connectivity index (χ2n) is 8.80. The van der Waals surface area contributed by atoms with Crippen LogP contribution in [0.15, 0.2) is 47.8 Å². The Kier molecular flexibility index (Phi) is 13.7. The lowest BCUT2D eigenvalue weighted by molar-refractivity contribution is 0.00703. The summed E-state index contributed by atoms with van der Waals surface area (Å²) in [4.78, 5) is 18.4. The maximum atomic E-state index is 12.6. The van der Waals surface area contributed by atoms with Gasteiger partial charge < -0.3 is 9.64 Å². The standard InChI is InChI=1S/C25H36N2O2S.2ClH/c1-20(2)11-16-29-23(22-8-5-4-6-9-22)19-27-14-12-26(13-15-27)18-21(3)25(28)24-10-7-17-30-24;;/h4-10,17,20-21,23H,11-16,18-19H2,1-3H3;2*1H. The highest BCUT2D eigenvalue weighted by Crippen LogP contribution is 2.21. The highest BCUT2D eigenvalue weighted by molar-refractivity contribution is 7.12. The van der Waals surface area contributed by atoms with E-state index >= 15 is 0 Å². The van der Waals surface area contributed by atoms with Crippen LogP contribution in [0.1, 0.15) is 48.5 Å². The van der Waals surface area contributed by atoms with Crippen molar-refractivity contribution >= 4 is 41.9 Å². The summed E-state index contributed by atoms with van der Waals surface area (Å²) < 4.78 is 6.31. The zero-order valence-electron chi connectivity index (χ0n) is 19.4. The number of ether oxygens (including phenoxy) is 1. The van der Waals surface area contributed by atoms with Gasteiger partial charge in [-0.2, -0.15) is 0 Å². The molecule has 0 bridgehead atoms. The fraction of sp³-hybridized carbons (Fsp3) is 0.560. The van der Waals surface area contributed by atoms with E-state index < -0.39 is 0 Å². The van der Waals surface area contributed by atoms with Crippen molar-refractivity contribution in [3.05, 3.63) is 58.3 Å². The predicted octanol–water partition coefficient (Wildman–Crippen LogP) is 5.83. The molecule has 180 valence electrons. The third-order valence-electron chi connectivity index (χ3n) is 5.82. The third-order valence-corrected chi connectivity index (χ3v) is 6.70. The topological polar surface area (TPSA) is 32.8 Å². The second-order valence-corrected chi connectivity index (χ2v) is 9.74. The molecule has 1 aromatic heterocycles. The zero-order valence-corrected chi connectivity index (χ0v) is 21.9. The number of thiophene rings is 1. The molecular formula is C25H38Cl2N2O2S. The van der Waals surface area contributed by atoms with Crippen molar-refractivity contribution in [3.8, 4) is 0 Å². The van der Waals surface area contributed by atoms with E-state index in [9.17, 15) is 4.79 Å². The van der Waals surface area contributed by atoms with Crippen molar-refractivity contribution in [1.82, 2.24) is 9.80 Å². The molecule has 7 heteroatoms. The number of nitrogens with zero attached hydrogens (tertiary/aromatic N) is 2. The first-order valence-corrected chi connectivity index (χ1v) is 12.1. The summed E-state index contributed by atoms with van der Waals surface area (Å²) in [5.41, 5.74) is 1.26. The largest absolute Gasteiger partial charge is 0.372 e. The van der Waals surface area contributed by atoms with Crippen LogP contribution in [0.3, 0.4) is 0 Å². The molecule has 2 atom stereocenters. The van der Waals surface area contributed by atoms with E-state index in [0.29, 0.717) is 5.92 Å². The maximum Gasteiger partial charge on any atom is 0.176 e. The molecule has 1 aromatic carbocycles. The summed E-state index contributed by atoms with van der Waals surface area (Å²) in [5.74, 6) is 0.977. The van der Waals surface area contributed by atoms with Crippen molar-refractivity contribution in [2.45, 2.75) is 33.3 Å². The van der Waals surface area contributed by atoms with Crippen LogP contribution in [-0.2, 0) is 4.74 Å². The quantitative estimate of drug-likeness (QED) is 0.363. The number of hydrogen-bond donors (Lipinski definition) is 0. The number of Topliss-reactive ketones (excluding diaryl/α,β-unsaturated/α-hetero) is 1. The molecule has 2 aromatic rings. The summed E-state index contributed by atoms with van der Waals surface area (Å²) in [5, 5.41) is 1.98. The molecule has 3 rings (SSSR count). The molecule has 0 N–H and O–H groups in total. The van der Waals surface area contributed by atoms with Crippen LogP contribution < -0.4 is 0 Å². The van der Waals surface area contributed by atoms with Gasteiger partial charge in [-0.15, -0.1) is 36.2 Å². The number of ketones is 1. The van der Waals surface area contributed by atoms with Gasteiger partial charge in [0.25, 0.3) is 0 Å². The Labute approximate surface area is 210 Å². The van der Waals surface area contributed by atoms with Crippen LogP contribution in [0, 0.1) is 11.8 Å². The first-order chi connectivity index (χ1) is 14.5. The minimum Gasteiger partial charge on any atom is -0.372 e. The first kappa shape index (κ1) is 29.1. The van der Waals surface area contributed by atoms with Gasteiger partial charge in [0.1, 0.15) is 0 Å². The number of carbonyl (C=O) groups is 1. The lowest BCUT2D eigenvalue weighted by Gasteiger charge is -2.37. The van der Waals surface area contributed by atoms with Crippen LogP contribution >= 0.6 is 36.2 Å². The van der Waals surface area contributed by atoms with Gasteiger partial charge in [-0.05, 0) is 29.3 Å². The molecule has 1 aliphatic rings. The van der Waals surface area contributed by atoms with Crippen molar-refractivity contribution in [3.63, 3.8) is 0 Å². The van der Waals surface area contributed by atoms with E-state index in [1.54, 1.807) is 11.3 Å². The third kappa shape index (κ3) is 9.12. The van der Waals surface area contributed by atoms with Gasteiger partial charge in [0.05, 0.1) is 11.0 Å². The Morgan fingerprint density at radius 2 is 1.56 bits per heavy atom. The molecule has 2 heterocycles. The number of piperazine rings is 1. The number of carbonyl (C=O) groups excluding carboxylic acids is 1. The monoisotopic (exact) mass is 500 g/mol. The molecule has 0 aliphatic carbocycles. The molecule has 0 spiro atoms. The van der Waals surface area contributed by atoms with E-state index in [-0.39, 0.29) is 42.6 Å². The summed E-state index contributed by atoms with van der Waals surface area (Å²) in [6, 6.07) is 14.5. The Morgan fingerprint density at radius 3 is 2.12 bits per heavy atom. The van der Waals surface area contributed by atoms with Crippen LogP contribution in [-0.4, -0.2) is 61.5 Å². The van der Waals surface area contributed by atoms with Gasteiger partial charge in [0, 0.05) is 51.8 Å². The zero-order chi connectivity index (χ0) is 21.3. The highest BCUT2D eigenvalue weighted by atomic mass is 35.5. The van der Waals surface area contributed by atoms with E-state index in [1.807, 2.05) is 17.5 Å². The Hall–Kier alpha value is -0.950. The van der Waals surface area contributed by atoms with E-state index in [2.05, 4.69) is 60.9 Å². The molecule has 4 nitrogen and oxygen atoms in total. The molecule has 0 saturated carbocycles. The fourth-order valence-corrected chi connectivity index (χ4v) is 4.67. The first-order valence-electron chi connectivity index (χ1n) is 11.2. The van der Waals surface area contributed by atoms with Gasteiger partial charge in [-0.25, -0.2) is 0 Å². The smallest absolute Gasteiger partial charge is 0.176 e. The van der Waals surface area contributed by atoms with Gasteiger partial charge in [-0.1, -0.05) is 57.2 Å². The van der Waals surface area contributed by atoms with Crippen LogP contribution in [0.4, 0.5) is 0 Å². The number of rotatable bonds is 11. The normalized spacial score (nSPS) is 16.8. The highest BCUT2D eigenvalue weighted by Gasteiger charge is 2.25. The fourth-order valence-electron chi connectivity index (χ4n) is 3.89. The average molecular weight is 502 g/mol. The second kappa shape index (κ2) is 15.0. The number of hydrogen-bond acceptors (Lipinski definition) is 5. The summed E-state index contributed by atoms with van der Waals surface area (Å²) in [7, 11) is 0. The molecule has 0 amide bonds. The molecule has 0 radical (unpaired) electrons. The number of halogens is 2. The molecule has 32 heavy (non-hydrogen) atoms. The molecule has 1 aliphatic heterocycles. The Bertz CT molecular complexity index is 751. The Balaban J connectivity index is 0.00000256. The van der Waals surface area contributed by atoms with Crippen LogP contribution in [0.25, 0.3) is 0 Å². The SMILES string of the molecule is CC(C)CCOC(CN1CCN(CC(C)C(=O)c2cccs2)CC1)c1ccccc1.Cl.Cl. The lowest BCUT2D eigenvalue weighted by atomic mass is 10.0. The van der Waals surface area contributed by atoms with Crippen molar-refractivity contribution < 1.29 is 9.53 Å². The van der Waals surface area contributed by atoms with Crippen molar-refractivity contribution in [1.29, 1.82) is 0 Å². The average Bonchev–Trinajstić information content (AvgIpc) is 3.29. The summed E-state index contributed by atoms with van der Waals surface area (Å²) >= 11 is 1.54. The van der Waals surface area contributed by atoms with Crippen molar-refractivity contribution in [2.24, 2.45) is 11.8 Å². The molecular weight excluding hydrogens is 463 g/mol. The van der Waals surface area contributed by atoms with Crippen LogP contribution in [0.2, 0.25) is 0 Å². The lowest BCUT2D eigenvalue weighted by Crippen LogP contribution is -2.49. The molecule has 1 saturated heterocycles. The predicted molar refractivity (Wildman–Crippen MR) is 140 cm³/mol. The molecule has 1 fully saturated rings. The maximum absolute atomic E-state index is 12.6. The summed E-state index contributed by atoms with van der Waals surface area (Å²) in [6.07, 6.45) is 1.21. The Morgan fingerprint density at radius 1 is 0.938 bits per heavy atom. The molecule has 2 unspecified atom stereocenters. The van der Waals surface area contributed by atoms with Gasteiger partial charge in [0.15, 0.2) is 5.78 Å². The van der Waals surface area contributed by atoms with Crippen molar-refractivity contribution in [2.75, 3.05) is 45.9 Å².